The van der Waals surface area contributed by atoms with Gasteiger partial charge in [-0.2, -0.15) is 4.31 Å². The molecule has 1 aromatic heterocycles. The van der Waals surface area contributed by atoms with Crippen LogP contribution >= 0.6 is 11.6 Å². The Hall–Kier alpha value is -3.73. The number of nitrogens with one attached hydrogen (secondary N) is 1. The van der Waals surface area contributed by atoms with Crippen molar-refractivity contribution in [1.82, 2.24) is 14.3 Å². The molecule has 0 spiro atoms. The lowest BCUT2D eigenvalue weighted by Crippen LogP contribution is -2.45. The molecule has 1 atom stereocenters. The van der Waals surface area contributed by atoms with E-state index in [1.165, 1.54) is 22.8 Å². The molecule has 42 heavy (non-hydrogen) atoms. The zero-order valence-electron chi connectivity index (χ0n) is 23.6. The Morgan fingerprint density at radius 2 is 1.98 bits per heavy atom. The standard InChI is InChI=1S/C31H32ClFN4O4S/c1-4-37(42(38,39)21(2)3)19-31(13-6-14-41-31)23-9-11-28-26(16-23)30(35-20-34-28)36-25-10-12-29(27(32)17-25)40-18-22-7-5-8-24(33)15-22/h5-12,14-17,20-21H,4,13,18-19H2,1-3H3,(H,34,35,36). The van der Waals surface area contributed by atoms with Crippen molar-refractivity contribution in [3.8, 4) is 5.75 Å². The van der Waals surface area contributed by atoms with Gasteiger partial charge in [0.05, 0.1) is 28.6 Å². The van der Waals surface area contributed by atoms with Crippen molar-refractivity contribution in [2.45, 2.75) is 44.6 Å². The highest BCUT2D eigenvalue weighted by molar-refractivity contribution is 7.89. The minimum atomic E-state index is -3.49. The molecule has 11 heteroatoms. The summed E-state index contributed by atoms with van der Waals surface area (Å²) in [6.45, 7) is 5.87. The summed E-state index contributed by atoms with van der Waals surface area (Å²) in [4.78, 5) is 8.89. The quantitative estimate of drug-likeness (QED) is 0.197. The van der Waals surface area contributed by atoms with Crippen LogP contribution in [-0.4, -0.2) is 41.0 Å². The van der Waals surface area contributed by atoms with Gasteiger partial charge in [-0.3, -0.25) is 0 Å². The van der Waals surface area contributed by atoms with Crippen LogP contribution in [0.3, 0.4) is 0 Å². The topological polar surface area (TPSA) is 93.7 Å². The van der Waals surface area contributed by atoms with Gasteiger partial charge in [-0.15, -0.1) is 0 Å². The van der Waals surface area contributed by atoms with Crippen LogP contribution in [0.4, 0.5) is 15.9 Å². The largest absolute Gasteiger partial charge is 0.489 e. The van der Waals surface area contributed by atoms with Crippen LogP contribution in [0.1, 0.15) is 38.3 Å². The third-order valence-electron chi connectivity index (χ3n) is 7.22. The molecule has 1 aliphatic heterocycles. The van der Waals surface area contributed by atoms with E-state index < -0.39 is 20.9 Å². The van der Waals surface area contributed by atoms with Crippen LogP contribution in [0.2, 0.25) is 5.02 Å². The predicted octanol–water partition coefficient (Wildman–Crippen LogP) is 6.93. The number of anilines is 2. The van der Waals surface area contributed by atoms with Crippen molar-refractivity contribution in [2.75, 3.05) is 18.4 Å². The molecule has 0 amide bonds. The number of fused-ring (bicyclic) bond motifs is 1. The Kier molecular flexibility index (Phi) is 8.68. The molecular formula is C31H32ClFN4O4S. The van der Waals surface area contributed by atoms with Crippen molar-refractivity contribution in [2.24, 2.45) is 0 Å². The maximum Gasteiger partial charge on any atom is 0.216 e. The highest BCUT2D eigenvalue weighted by Gasteiger charge is 2.41. The number of hydrogen-bond donors (Lipinski definition) is 1. The van der Waals surface area contributed by atoms with Gasteiger partial charge < -0.3 is 14.8 Å². The lowest BCUT2D eigenvalue weighted by Gasteiger charge is -2.35. The molecule has 0 saturated heterocycles. The van der Waals surface area contributed by atoms with Crippen molar-refractivity contribution in [1.29, 1.82) is 0 Å². The Bertz CT molecular complexity index is 1720. The molecule has 0 radical (unpaired) electrons. The molecule has 3 aromatic carbocycles. The first-order chi connectivity index (χ1) is 20.1. The van der Waals surface area contributed by atoms with Crippen LogP contribution in [-0.2, 0) is 27.0 Å². The third kappa shape index (κ3) is 6.21. The Morgan fingerprint density at radius 1 is 1.14 bits per heavy atom. The van der Waals surface area contributed by atoms with Crippen molar-refractivity contribution >= 4 is 44.0 Å². The fourth-order valence-electron chi connectivity index (χ4n) is 4.87. The molecule has 1 unspecified atom stereocenters. The van der Waals surface area contributed by atoms with E-state index >= 15 is 0 Å². The second-order valence-electron chi connectivity index (χ2n) is 10.4. The molecule has 2 heterocycles. The van der Waals surface area contributed by atoms with Gasteiger partial charge in [0, 0.05) is 24.0 Å². The zero-order valence-corrected chi connectivity index (χ0v) is 25.1. The fourth-order valence-corrected chi connectivity index (χ4v) is 6.45. The summed E-state index contributed by atoms with van der Waals surface area (Å²) in [6.07, 6.45) is 5.52. The second kappa shape index (κ2) is 12.2. The molecule has 220 valence electrons. The summed E-state index contributed by atoms with van der Waals surface area (Å²) in [5.41, 5.74) is 2.01. The van der Waals surface area contributed by atoms with Gasteiger partial charge in [-0.05, 0) is 73.5 Å². The summed E-state index contributed by atoms with van der Waals surface area (Å²) >= 11 is 6.51. The molecule has 1 N–H and O–H groups in total. The van der Waals surface area contributed by atoms with Gasteiger partial charge in [-0.25, -0.2) is 22.8 Å². The van der Waals surface area contributed by atoms with E-state index in [1.807, 2.05) is 37.3 Å². The van der Waals surface area contributed by atoms with Gasteiger partial charge in [0.25, 0.3) is 0 Å². The first kappa shape index (κ1) is 29.8. The van der Waals surface area contributed by atoms with Crippen LogP contribution in [0, 0.1) is 5.82 Å². The van der Waals surface area contributed by atoms with Gasteiger partial charge >= 0.3 is 0 Å². The number of halogens is 2. The molecule has 5 rings (SSSR count). The average Bonchev–Trinajstić information content (AvgIpc) is 3.45. The van der Waals surface area contributed by atoms with Gasteiger partial charge in [0.15, 0.2) is 5.60 Å². The van der Waals surface area contributed by atoms with Crippen LogP contribution in [0.15, 0.2) is 79.3 Å². The molecule has 0 bridgehead atoms. The Balaban J connectivity index is 1.41. The normalized spacial score (nSPS) is 16.7. The number of benzene rings is 3. The molecule has 8 nitrogen and oxygen atoms in total. The van der Waals surface area contributed by atoms with Gasteiger partial charge in [0.2, 0.25) is 10.0 Å². The second-order valence-corrected chi connectivity index (χ2v) is 13.2. The van der Waals surface area contributed by atoms with Crippen molar-refractivity contribution in [3.63, 3.8) is 0 Å². The minimum absolute atomic E-state index is 0.172. The van der Waals surface area contributed by atoms with Crippen molar-refractivity contribution < 1.29 is 22.3 Å². The monoisotopic (exact) mass is 610 g/mol. The molecule has 0 fully saturated rings. The summed E-state index contributed by atoms with van der Waals surface area (Å²) in [5, 5.41) is 3.89. The third-order valence-corrected chi connectivity index (χ3v) is 9.81. The van der Waals surface area contributed by atoms with Crippen molar-refractivity contribution in [3.05, 3.63) is 101 Å². The zero-order chi connectivity index (χ0) is 29.9. The number of ether oxygens (including phenoxy) is 2. The maximum atomic E-state index is 13.5. The maximum absolute atomic E-state index is 13.5. The summed E-state index contributed by atoms with van der Waals surface area (Å²) in [7, 11) is -3.49. The SMILES string of the molecule is CCN(CC1(c2ccc3ncnc(Nc4ccc(OCc5cccc(F)c5)c(Cl)c4)c3c2)CC=CO1)S(=O)(=O)C(C)C. The lowest BCUT2D eigenvalue weighted by atomic mass is 9.90. The number of aromatic nitrogens is 2. The van der Waals surface area contributed by atoms with Gasteiger partial charge in [0.1, 0.15) is 30.3 Å². The molecule has 1 aliphatic rings. The lowest BCUT2D eigenvalue weighted by molar-refractivity contribution is 0.0240. The number of sulfonamides is 1. The number of nitrogens with zero attached hydrogens (tertiary/aromatic N) is 3. The smallest absolute Gasteiger partial charge is 0.216 e. The number of rotatable bonds is 11. The fraction of sp³-hybridized carbons (Fsp3) is 0.290. The van der Waals surface area contributed by atoms with Crippen LogP contribution < -0.4 is 10.1 Å². The number of likely N-dealkylation sites (N-methyl/N-ethyl adjacent to an activating group) is 1. The number of hydrogen-bond acceptors (Lipinski definition) is 7. The molecule has 4 aromatic rings. The first-order valence-corrected chi connectivity index (χ1v) is 15.5. The highest BCUT2D eigenvalue weighted by atomic mass is 35.5. The summed E-state index contributed by atoms with van der Waals surface area (Å²) < 4.78 is 53.0. The minimum Gasteiger partial charge on any atom is -0.489 e. The van der Waals surface area contributed by atoms with E-state index in [2.05, 4.69) is 15.3 Å². The van der Waals surface area contributed by atoms with E-state index in [-0.39, 0.29) is 19.0 Å². The average molecular weight is 611 g/mol. The van der Waals surface area contributed by atoms with Crippen LogP contribution in [0.25, 0.3) is 10.9 Å². The Morgan fingerprint density at radius 3 is 2.67 bits per heavy atom. The van der Waals surface area contributed by atoms with E-state index in [9.17, 15) is 12.8 Å². The highest BCUT2D eigenvalue weighted by Crippen LogP contribution is 2.39. The van der Waals surface area contributed by atoms with E-state index in [1.54, 1.807) is 44.4 Å². The molecule has 0 saturated carbocycles. The first-order valence-electron chi connectivity index (χ1n) is 13.6. The molecule has 0 aliphatic carbocycles. The van der Waals surface area contributed by atoms with E-state index in [0.717, 1.165) is 10.9 Å². The Labute approximate surface area is 250 Å². The van der Waals surface area contributed by atoms with E-state index in [4.69, 9.17) is 21.1 Å². The summed E-state index contributed by atoms with van der Waals surface area (Å²) in [6, 6.07) is 17.2. The summed E-state index contributed by atoms with van der Waals surface area (Å²) in [5.74, 6) is 0.688. The van der Waals surface area contributed by atoms with E-state index in [0.29, 0.717) is 46.3 Å². The van der Waals surface area contributed by atoms with Crippen LogP contribution in [0.5, 0.6) is 5.75 Å². The van der Waals surface area contributed by atoms with Gasteiger partial charge in [-0.1, -0.05) is 36.7 Å². The predicted molar refractivity (Wildman–Crippen MR) is 163 cm³/mol. The molecular weight excluding hydrogens is 579 g/mol.